The Balaban J connectivity index is 2.32. The zero-order chi connectivity index (χ0) is 15.4. The fourth-order valence-electron chi connectivity index (χ4n) is 2.31. The molecule has 21 heavy (non-hydrogen) atoms. The van der Waals surface area contributed by atoms with Gasteiger partial charge in [0, 0.05) is 13.6 Å². The van der Waals surface area contributed by atoms with Crippen molar-refractivity contribution in [1.82, 2.24) is 0 Å². The number of benzene rings is 2. The topological polar surface area (TPSA) is 81.6 Å². The molecule has 0 saturated carbocycles. The third-order valence-electron chi connectivity index (χ3n) is 3.27. The second kappa shape index (κ2) is 6.17. The van der Waals surface area contributed by atoms with Crippen LogP contribution < -0.4 is 21.1 Å². The van der Waals surface area contributed by atoms with Crippen LogP contribution in [-0.2, 0) is 6.54 Å². The number of methoxy groups -OCH3 is 1. The second-order valence-electron chi connectivity index (χ2n) is 4.82. The van der Waals surface area contributed by atoms with E-state index < -0.39 is 5.91 Å². The molecule has 2 aromatic rings. The Hall–Kier alpha value is -2.69. The Morgan fingerprint density at radius 2 is 1.95 bits per heavy atom. The number of hydrogen-bond donors (Lipinski definition) is 2. The average molecular weight is 285 g/mol. The van der Waals surface area contributed by atoms with E-state index in [2.05, 4.69) is 0 Å². The van der Waals surface area contributed by atoms with E-state index in [-0.39, 0.29) is 0 Å². The zero-order valence-corrected chi connectivity index (χ0v) is 12.2. The van der Waals surface area contributed by atoms with E-state index in [0.29, 0.717) is 23.5 Å². The van der Waals surface area contributed by atoms with E-state index in [4.69, 9.17) is 16.2 Å². The maximum absolute atomic E-state index is 11.6. The summed E-state index contributed by atoms with van der Waals surface area (Å²) in [7, 11) is 3.50. The molecule has 0 aromatic heterocycles. The molecular formula is C16H19N3O2. The van der Waals surface area contributed by atoms with Crippen LogP contribution in [0.15, 0.2) is 42.5 Å². The van der Waals surface area contributed by atoms with Crippen molar-refractivity contribution in [3.63, 3.8) is 0 Å². The number of nitrogens with two attached hydrogens (primary N) is 2. The van der Waals surface area contributed by atoms with Crippen LogP contribution in [0.25, 0.3) is 0 Å². The summed E-state index contributed by atoms with van der Waals surface area (Å²) in [6.45, 7) is 0.589. The van der Waals surface area contributed by atoms with E-state index in [1.54, 1.807) is 25.3 Å². The first-order valence-corrected chi connectivity index (χ1v) is 6.55. The Kier molecular flexibility index (Phi) is 4.33. The highest BCUT2D eigenvalue weighted by atomic mass is 16.5. The number of carbonyl (C=O) groups is 1. The van der Waals surface area contributed by atoms with Crippen LogP contribution in [0.2, 0.25) is 0 Å². The molecule has 0 spiro atoms. The van der Waals surface area contributed by atoms with Gasteiger partial charge in [0.15, 0.2) is 0 Å². The van der Waals surface area contributed by atoms with Crippen LogP contribution in [0.5, 0.6) is 5.75 Å². The van der Waals surface area contributed by atoms with Gasteiger partial charge in [0.25, 0.3) is 5.91 Å². The summed E-state index contributed by atoms with van der Waals surface area (Å²) in [5.74, 6) is 0.298. The number of nitrogen functional groups attached to an aromatic ring is 1. The summed E-state index contributed by atoms with van der Waals surface area (Å²) in [5.41, 5.74) is 14.1. The summed E-state index contributed by atoms with van der Waals surface area (Å²) in [6.07, 6.45) is 0. The van der Waals surface area contributed by atoms with Crippen molar-refractivity contribution in [2.45, 2.75) is 6.54 Å². The molecule has 5 nitrogen and oxygen atoms in total. The minimum atomic E-state index is -0.491. The highest BCUT2D eigenvalue weighted by Gasteiger charge is 2.15. The highest BCUT2D eigenvalue weighted by molar-refractivity contribution is 6.01. The number of nitrogens with zero attached hydrogens (tertiary/aromatic N) is 1. The Morgan fingerprint density at radius 1 is 1.24 bits per heavy atom. The van der Waals surface area contributed by atoms with Crippen molar-refractivity contribution in [2.24, 2.45) is 5.73 Å². The van der Waals surface area contributed by atoms with Gasteiger partial charge in [-0.05, 0) is 29.8 Å². The van der Waals surface area contributed by atoms with Crippen molar-refractivity contribution in [3.8, 4) is 5.75 Å². The molecule has 0 aliphatic heterocycles. The number of rotatable bonds is 5. The predicted octanol–water partition coefficient (Wildman–Crippen LogP) is 2.01. The maximum atomic E-state index is 11.6. The van der Waals surface area contributed by atoms with Gasteiger partial charge < -0.3 is 21.1 Å². The monoisotopic (exact) mass is 285 g/mol. The van der Waals surface area contributed by atoms with Crippen molar-refractivity contribution in [3.05, 3.63) is 53.6 Å². The molecule has 5 heteroatoms. The largest absolute Gasteiger partial charge is 0.497 e. The number of carbonyl (C=O) groups excluding carboxylic acids is 1. The van der Waals surface area contributed by atoms with Crippen molar-refractivity contribution >= 4 is 17.3 Å². The number of hydrogen-bond acceptors (Lipinski definition) is 4. The van der Waals surface area contributed by atoms with Gasteiger partial charge in [-0.3, -0.25) is 4.79 Å². The van der Waals surface area contributed by atoms with Crippen molar-refractivity contribution < 1.29 is 9.53 Å². The average Bonchev–Trinajstić information content (AvgIpc) is 2.46. The van der Waals surface area contributed by atoms with Crippen LogP contribution in [0.3, 0.4) is 0 Å². The molecule has 1 amide bonds. The molecule has 2 rings (SSSR count). The lowest BCUT2D eigenvalue weighted by Gasteiger charge is -2.23. The fraction of sp³-hybridized carbons (Fsp3) is 0.188. The molecule has 0 atom stereocenters. The van der Waals surface area contributed by atoms with E-state index in [1.165, 1.54) is 0 Å². The maximum Gasteiger partial charge on any atom is 0.250 e. The molecule has 2 aromatic carbocycles. The van der Waals surface area contributed by atoms with Crippen LogP contribution in [0.4, 0.5) is 11.4 Å². The first-order valence-electron chi connectivity index (χ1n) is 6.55. The molecule has 0 aliphatic carbocycles. The number of para-hydroxylation sites is 1. The van der Waals surface area contributed by atoms with E-state index in [1.807, 2.05) is 36.2 Å². The van der Waals surface area contributed by atoms with E-state index in [9.17, 15) is 4.79 Å². The predicted molar refractivity (Wildman–Crippen MR) is 84.5 cm³/mol. The van der Waals surface area contributed by atoms with Gasteiger partial charge in [-0.15, -0.1) is 0 Å². The molecule has 0 heterocycles. The molecule has 0 bridgehead atoms. The third-order valence-corrected chi connectivity index (χ3v) is 3.27. The smallest absolute Gasteiger partial charge is 0.250 e. The molecule has 4 N–H and O–H groups in total. The number of amides is 1. The minimum absolute atomic E-state index is 0.417. The van der Waals surface area contributed by atoms with Gasteiger partial charge in [-0.1, -0.05) is 18.2 Å². The van der Waals surface area contributed by atoms with Gasteiger partial charge in [0.05, 0.1) is 24.0 Å². The summed E-state index contributed by atoms with van der Waals surface area (Å²) < 4.78 is 5.21. The van der Waals surface area contributed by atoms with Crippen molar-refractivity contribution in [2.75, 3.05) is 24.8 Å². The third kappa shape index (κ3) is 3.25. The second-order valence-corrected chi connectivity index (χ2v) is 4.82. The van der Waals surface area contributed by atoms with Crippen LogP contribution in [-0.4, -0.2) is 20.1 Å². The summed E-state index contributed by atoms with van der Waals surface area (Å²) in [4.78, 5) is 13.5. The van der Waals surface area contributed by atoms with Crippen LogP contribution in [0.1, 0.15) is 15.9 Å². The zero-order valence-electron chi connectivity index (χ0n) is 12.2. The molecule has 0 fully saturated rings. The minimum Gasteiger partial charge on any atom is -0.497 e. The van der Waals surface area contributed by atoms with Gasteiger partial charge in [0.1, 0.15) is 5.75 Å². The number of primary amides is 1. The van der Waals surface area contributed by atoms with Gasteiger partial charge >= 0.3 is 0 Å². The summed E-state index contributed by atoms with van der Waals surface area (Å²) in [6, 6.07) is 12.9. The van der Waals surface area contributed by atoms with Gasteiger partial charge in [-0.25, -0.2) is 0 Å². The molecule has 0 radical (unpaired) electrons. The molecule has 110 valence electrons. The molecule has 0 saturated heterocycles. The molecule has 0 unspecified atom stereocenters. The van der Waals surface area contributed by atoms with Gasteiger partial charge in [-0.2, -0.15) is 0 Å². The Morgan fingerprint density at radius 3 is 2.62 bits per heavy atom. The SMILES string of the molecule is COc1cccc(CN(C)c2c(N)cccc2C(N)=O)c1. The quantitative estimate of drug-likeness (QED) is 0.823. The summed E-state index contributed by atoms with van der Waals surface area (Å²) in [5, 5.41) is 0. The Bertz CT molecular complexity index is 656. The van der Waals surface area contributed by atoms with Crippen LogP contribution in [0, 0.1) is 0 Å². The lowest BCUT2D eigenvalue weighted by Crippen LogP contribution is -2.23. The first kappa shape index (κ1) is 14.7. The lowest BCUT2D eigenvalue weighted by molar-refractivity contribution is 0.100. The van der Waals surface area contributed by atoms with E-state index in [0.717, 1.165) is 11.3 Å². The number of ether oxygens (including phenoxy) is 1. The van der Waals surface area contributed by atoms with Gasteiger partial charge in [0.2, 0.25) is 0 Å². The number of anilines is 2. The molecule has 0 aliphatic rings. The lowest BCUT2D eigenvalue weighted by atomic mass is 10.1. The Labute approximate surface area is 124 Å². The van der Waals surface area contributed by atoms with Crippen molar-refractivity contribution in [1.29, 1.82) is 0 Å². The first-order chi connectivity index (χ1) is 10.0. The highest BCUT2D eigenvalue weighted by Crippen LogP contribution is 2.28. The fourth-order valence-corrected chi connectivity index (χ4v) is 2.31. The normalized spacial score (nSPS) is 10.2. The summed E-state index contributed by atoms with van der Waals surface area (Å²) >= 11 is 0. The molecular weight excluding hydrogens is 266 g/mol. The standard InChI is InChI=1S/C16H19N3O2/c1-19(10-11-5-3-6-12(9-11)21-2)15-13(16(18)20)7-4-8-14(15)17/h3-9H,10,17H2,1-2H3,(H2,18,20). The van der Waals surface area contributed by atoms with E-state index >= 15 is 0 Å². The van der Waals surface area contributed by atoms with Crippen LogP contribution >= 0.6 is 0 Å².